The molecule has 0 saturated carbocycles. The van der Waals surface area contributed by atoms with Gasteiger partial charge < -0.3 is 24.6 Å². The summed E-state index contributed by atoms with van der Waals surface area (Å²) in [5.74, 6) is 0.510. The van der Waals surface area contributed by atoms with Crippen LogP contribution in [0.5, 0.6) is 17.2 Å². The zero-order chi connectivity index (χ0) is 17.7. The Morgan fingerprint density at radius 3 is 2.29 bits per heavy atom. The van der Waals surface area contributed by atoms with Crippen molar-refractivity contribution in [3.8, 4) is 17.2 Å². The average Bonchev–Trinajstić information content (AvgIpc) is 3.02. The van der Waals surface area contributed by atoms with Crippen LogP contribution in [0.3, 0.4) is 0 Å². The lowest BCUT2D eigenvalue weighted by Crippen LogP contribution is -2.06. The second-order valence-corrected chi connectivity index (χ2v) is 4.94. The molecule has 8 heteroatoms. The molecule has 2 rings (SSSR count). The summed E-state index contributed by atoms with van der Waals surface area (Å²) in [5.41, 5.74) is 1.30. The van der Waals surface area contributed by atoms with Crippen molar-refractivity contribution in [3.63, 3.8) is 0 Å². The Balaban J connectivity index is 2.26. The van der Waals surface area contributed by atoms with Gasteiger partial charge in [-0.15, -0.1) is 0 Å². The van der Waals surface area contributed by atoms with E-state index in [-0.39, 0.29) is 5.69 Å². The molecule has 24 heavy (non-hydrogen) atoms. The van der Waals surface area contributed by atoms with Gasteiger partial charge in [0.15, 0.2) is 17.2 Å². The van der Waals surface area contributed by atoms with Crippen LogP contribution in [0.2, 0.25) is 0 Å². The predicted octanol–water partition coefficient (Wildman–Crippen LogP) is 2.24. The summed E-state index contributed by atoms with van der Waals surface area (Å²) in [6.07, 6.45) is 1.67. The monoisotopic (exact) mass is 335 g/mol. The topological polar surface area (TPSA) is 94.8 Å². The number of nitrogens with one attached hydrogen (secondary N) is 1. The van der Waals surface area contributed by atoms with Gasteiger partial charge in [0.2, 0.25) is 5.75 Å². The molecule has 0 spiro atoms. The average molecular weight is 335 g/mol. The normalized spacial score (nSPS) is 10.3. The van der Waals surface area contributed by atoms with Crippen molar-refractivity contribution in [3.05, 3.63) is 29.6 Å². The largest absolute Gasteiger partial charge is 0.493 e. The van der Waals surface area contributed by atoms with Gasteiger partial charge in [-0.2, -0.15) is 5.10 Å². The third-order valence-electron chi connectivity index (χ3n) is 3.50. The Hall–Kier alpha value is -2.90. The summed E-state index contributed by atoms with van der Waals surface area (Å²) in [6, 6.07) is 3.61. The van der Waals surface area contributed by atoms with E-state index in [0.717, 1.165) is 5.56 Å². The Morgan fingerprint density at radius 2 is 1.83 bits per heavy atom. The van der Waals surface area contributed by atoms with Crippen molar-refractivity contribution < 1.29 is 24.1 Å². The van der Waals surface area contributed by atoms with Crippen LogP contribution in [0.15, 0.2) is 18.3 Å². The zero-order valence-corrected chi connectivity index (χ0v) is 14.1. The molecule has 0 unspecified atom stereocenters. The van der Waals surface area contributed by atoms with Gasteiger partial charge in [0.1, 0.15) is 0 Å². The summed E-state index contributed by atoms with van der Waals surface area (Å²) in [7, 11) is 4.63. The molecule has 8 nitrogen and oxygen atoms in total. The van der Waals surface area contributed by atoms with Crippen LogP contribution in [0, 0.1) is 0 Å². The lowest BCUT2D eigenvalue weighted by Gasteiger charge is -2.14. The van der Waals surface area contributed by atoms with E-state index >= 15 is 0 Å². The summed E-state index contributed by atoms with van der Waals surface area (Å²) < 4.78 is 17.5. The predicted molar refractivity (Wildman–Crippen MR) is 88.3 cm³/mol. The Labute approximate surface area is 139 Å². The molecule has 0 bridgehead atoms. The number of anilines is 1. The number of carbonyl (C=O) groups is 1. The number of carboxylic acids is 1. The molecule has 1 heterocycles. The quantitative estimate of drug-likeness (QED) is 0.764. The summed E-state index contributed by atoms with van der Waals surface area (Å²) in [5, 5.41) is 16.3. The minimum Gasteiger partial charge on any atom is -0.493 e. The number of aromatic carboxylic acids is 1. The smallest absolute Gasteiger partial charge is 0.358 e. The summed E-state index contributed by atoms with van der Waals surface area (Å²) >= 11 is 0. The molecule has 0 saturated heterocycles. The molecule has 1 aromatic heterocycles. The van der Waals surface area contributed by atoms with Crippen molar-refractivity contribution in [2.45, 2.75) is 20.0 Å². The van der Waals surface area contributed by atoms with Crippen LogP contribution >= 0.6 is 0 Å². The van der Waals surface area contributed by atoms with E-state index in [4.69, 9.17) is 14.2 Å². The lowest BCUT2D eigenvalue weighted by atomic mass is 10.1. The molecule has 130 valence electrons. The fourth-order valence-corrected chi connectivity index (χ4v) is 2.31. The second-order valence-electron chi connectivity index (χ2n) is 4.94. The minimum absolute atomic E-state index is 0.00992. The molecule has 1 aromatic carbocycles. The van der Waals surface area contributed by atoms with Crippen molar-refractivity contribution in [1.82, 2.24) is 9.78 Å². The van der Waals surface area contributed by atoms with Crippen LogP contribution in [0.25, 0.3) is 0 Å². The van der Waals surface area contributed by atoms with E-state index in [9.17, 15) is 9.90 Å². The Bertz CT molecular complexity index is 701. The highest BCUT2D eigenvalue weighted by molar-refractivity contribution is 5.91. The SMILES string of the molecule is CCn1cc(NCc2cc(OC)c(OC)c(OC)c2)c(C(=O)O)n1. The Kier molecular flexibility index (Phi) is 5.51. The van der Waals surface area contributed by atoms with E-state index in [2.05, 4.69) is 10.4 Å². The summed E-state index contributed by atoms with van der Waals surface area (Å²) in [4.78, 5) is 11.3. The standard InChI is InChI=1S/C16H21N3O5/c1-5-19-9-11(14(18-19)16(20)21)17-8-10-6-12(22-2)15(24-4)13(7-10)23-3/h6-7,9,17H,5,8H2,1-4H3,(H,20,21). The van der Waals surface area contributed by atoms with Gasteiger partial charge in [0.25, 0.3) is 0 Å². The molecule has 2 aromatic rings. The van der Waals surface area contributed by atoms with E-state index in [0.29, 0.717) is 36.0 Å². The molecule has 0 aliphatic rings. The number of benzene rings is 1. The van der Waals surface area contributed by atoms with Gasteiger partial charge in [-0.05, 0) is 24.6 Å². The van der Waals surface area contributed by atoms with Crippen molar-refractivity contribution in [1.29, 1.82) is 0 Å². The van der Waals surface area contributed by atoms with Crippen molar-refractivity contribution in [2.24, 2.45) is 0 Å². The van der Waals surface area contributed by atoms with Crippen LogP contribution in [-0.4, -0.2) is 42.2 Å². The van der Waals surface area contributed by atoms with Crippen molar-refractivity contribution in [2.75, 3.05) is 26.6 Å². The molecule has 2 N–H and O–H groups in total. The van der Waals surface area contributed by atoms with E-state index in [1.165, 1.54) is 7.11 Å². The van der Waals surface area contributed by atoms with Crippen LogP contribution in [0.1, 0.15) is 23.0 Å². The van der Waals surface area contributed by atoms with Crippen molar-refractivity contribution >= 4 is 11.7 Å². The molecule has 0 radical (unpaired) electrons. The number of hydrogen-bond donors (Lipinski definition) is 2. The van der Waals surface area contributed by atoms with Gasteiger partial charge in [-0.3, -0.25) is 4.68 Å². The molecule has 0 aliphatic heterocycles. The lowest BCUT2D eigenvalue weighted by molar-refractivity contribution is 0.0690. The van der Waals surface area contributed by atoms with E-state index in [1.54, 1.807) is 37.2 Å². The maximum absolute atomic E-state index is 11.3. The highest BCUT2D eigenvalue weighted by Gasteiger charge is 2.17. The number of ether oxygens (including phenoxy) is 3. The van der Waals surface area contributed by atoms with Gasteiger partial charge in [-0.25, -0.2) is 4.79 Å². The molecule has 0 fully saturated rings. The molecule has 0 amide bonds. The Morgan fingerprint density at radius 1 is 1.21 bits per heavy atom. The first-order valence-electron chi connectivity index (χ1n) is 7.37. The number of nitrogens with zero attached hydrogens (tertiary/aromatic N) is 2. The summed E-state index contributed by atoms with van der Waals surface area (Å²) in [6.45, 7) is 2.86. The fraction of sp³-hybridized carbons (Fsp3) is 0.375. The highest BCUT2D eigenvalue weighted by atomic mass is 16.5. The molecular formula is C16H21N3O5. The highest BCUT2D eigenvalue weighted by Crippen LogP contribution is 2.38. The van der Waals surface area contributed by atoms with E-state index in [1.807, 2.05) is 6.92 Å². The maximum atomic E-state index is 11.3. The maximum Gasteiger partial charge on any atom is 0.358 e. The minimum atomic E-state index is -1.07. The number of methoxy groups -OCH3 is 3. The van der Waals surface area contributed by atoms with Gasteiger partial charge in [0, 0.05) is 19.3 Å². The second kappa shape index (κ2) is 7.58. The van der Waals surface area contributed by atoms with Crippen LogP contribution in [-0.2, 0) is 13.1 Å². The van der Waals surface area contributed by atoms with Crippen LogP contribution < -0.4 is 19.5 Å². The molecule has 0 aliphatic carbocycles. The first-order valence-corrected chi connectivity index (χ1v) is 7.37. The molecule has 0 atom stereocenters. The third-order valence-corrected chi connectivity index (χ3v) is 3.50. The fourth-order valence-electron chi connectivity index (χ4n) is 2.31. The van der Waals surface area contributed by atoms with Gasteiger partial charge in [0.05, 0.1) is 27.0 Å². The van der Waals surface area contributed by atoms with Crippen LogP contribution in [0.4, 0.5) is 5.69 Å². The number of rotatable bonds is 8. The molecular weight excluding hydrogens is 314 g/mol. The van der Waals surface area contributed by atoms with E-state index < -0.39 is 5.97 Å². The third kappa shape index (κ3) is 3.53. The first-order chi connectivity index (χ1) is 11.5. The van der Waals surface area contributed by atoms with Gasteiger partial charge >= 0.3 is 5.97 Å². The zero-order valence-electron chi connectivity index (χ0n) is 14.1. The number of hydrogen-bond acceptors (Lipinski definition) is 6. The first kappa shape index (κ1) is 17.5. The number of aromatic nitrogens is 2. The number of carboxylic acid groups (broad SMARTS) is 1. The van der Waals surface area contributed by atoms with Gasteiger partial charge in [-0.1, -0.05) is 0 Å². The number of aryl methyl sites for hydroxylation is 1.